The van der Waals surface area contributed by atoms with Gasteiger partial charge in [0.15, 0.2) is 0 Å². The number of benzene rings is 2. The lowest BCUT2D eigenvalue weighted by molar-refractivity contribution is -0.127. The van der Waals surface area contributed by atoms with Gasteiger partial charge in [0.05, 0.1) is 20.3 Å². The zero-order valence-corrected chi connectivity index (χ0v) is 18.3. The van der Waals surface area contributed by atoms with Gasteiger partial charge in [-0.2, -0.15) is 0 Å². The van der Waals surface area contributed by atoms with Crippen molar-refractivity contribution in [2.45, 2.75) is 32.4 Å². The Morgan fingerprint density at radius 1 is 1.23 bits per heavy atom. The fraction of sp³-hybridized carbons (Fsp3) is 0.435. The minimum Gasteiger partial charge on any atom is -0.497 e. The molecule has 1 N–H and O–H groups in total. The van der Waals surface area contributed by atoms with Gasteiger partial charge in [-0.25, -0.2) is 4.39 Å². The number of halogens is 2. The molecule has 2 aromatic carbocycles. The molecule has 162 valence electrons. The molecule has 0 spiro atoms. The summed E-state index contributed by atoms with van der Waals surface area (Å²) < 4.78 is 24.8. The second-order valence-corrected chi connectivity index (χ2v) is 8.00. The van der Waals surface area contributed by atoms with Gasteiger partial charge < -0.3 is 14.8 Å². The van der Waals surface area contributed by atoms with Gasteiger partial charge in [-0.05, 0) is 63.2 Å². The molecule has 5 nitrogen and oxygen atoms in total. The van der Waals surface area contributed by atoms with E-state index in [1.807, 2.05) is 25.1 Å². The molecule has 7 heteroatoms. The average Bonchev–Trinajstić information content (AvgIpc) is 2.76. The van der Waals surface area contributed by atoms with E-state index in [0.29, 0.717) is 28.6 Å². The third-order valence-electron chi connectivity index (χ3n) is 5.66. The topological polar surface area (TPSA) is 50.8 Å². The van der Waals surface area contributed by atoms with Crippen LogP contribution in [0.2, 0.25) is 5.02 Å². The Morgan fingerprint density at radius 2 is 1.97 bits per heavy atom. The summed E-state index contributed by atoms with van der Waals surface area (Å²) >= 11 is 6.14. The van der Waals surface area contributed by atoms with Crippen LogP contribution < -0.4 is 14.8 Å². The summed E-state index contributed by atoms with van der Waals surface area (Å²) in [6.07, 6.45) is 1.44. The standard InChI is InChI=1S/C23H28ClFN2O3/c1-15(18-13-17(29-2)7-8-22(18)30-3)26-23(28)16-9-11-27(12-10-16)14-19-20(24)5-4-6-21(19)25/h4-8,13,15-16H,9-12,14H2,1-3H3,(H,26,28). The second-order valence-electron chi connectivity index (χ2n) is 7.59. The Bertz CT molecular complexity index is 864. The molecule has 0 radical (unpaired) electrons. The summed E-state index contributed by atoms with van der Waals surface area (Å²) in [5.74, 6) is 1.09. The number of nitrogens with one attached hydrogen (secondary N) is 1. The zero-order valence-electron chi connectivity index (χ0n) is 17.6. The highest BCUT2D eigenvalue weighted by atomic mass is 35.5. The summed E-state index contributed by atoms with van der Waals surface area (Å²) in [5, 5.41) is 3.54. The van der Waals surface area contributed by atoms with Crippen LogP contribution in [0.15, 0.2) is 36.4 Å². The predicted octanol–water partition coefficient (Wildman–Crippen LogP) is 4.59. The maximum Gasteiger partial charge on any atom is 0.223 e. The maximum atomic E-state index is 14.0. The number of ether oxygens (including phenoxy) is 2. The molecule has 0 bridgehead atoms. The van der Waals surface area contributed by atoms with Crippen LogP contribution in [0, 0.1) is 11.7 Å². The van der Waals surface area contributed by atoms with E-state index < -0.39 is 0 Å². The summed E-state index contributed by atoms with van der Waals surface area (Å²) in [7, 11) is 3.22. The predicted molar refractivity (Wildman–Crippen MR) is 116 cm³/mol. The molecule has 1 amide bonds. The summed E-state index contributed by atoms with van der Waals surface area (Å²) in [5.41, 5.74) is 1.39. The van der Waals surface area contributed by atoms with Gasteiger partial charge in [0.1, 0.15) is 17.3 Å². The minimum absolute atomic E-state index is 0.0240. The number of nitrogens with zero attached hydrogens (tertiary/aromatic N) is 1. The normalized spacial score (nSPS) is 16.2. The lowest BCUT2D eigenvalue weighted by Gasteiger charge is -2.32. The van der Waals surface area contributed by atoms with E-state index >= 15 is 0 Å². The van der Waals surface area contributed by atoms with Crippen molar-refractivity contribution in [2.75, 3.05) is 27.3 Å². The quantitative estimate of drug-likeness (QED) is 0.692. The fourth-order valence-corrected chi connectivity index (χ4v) is 4.07. The first-order valence-electron chi connectivity index (χ1n) is 10.1. The number of hydrogen-bond donors (Lipinski definition) is 1. The Labute approximate surface area is 182 Å². The van der Waals surface area contributed by atoms with Gasteiger partial charge in [-0.1, -0.05) is 17.7 Å². The van der Waals surface area contributed by atoms with Crippen molar-refractivity contribution < 1.29 is 18.7 Å². The largest absolute Gasteiger partial charge is 0.497 e. The molecule has 0 aromatic heterocycles. The molecular weight excluding hydrogens is 407 g/mol. The molecule has 1 unspecified atom stereocenters. The minimum atomic E-state index is -0.288. The first-order chi connectivity index (χ1) is 14.4. The average molecular weight is 435 g/mol. The highest BCUT2D eigenvalue weighted by Gasteiger charge is 2.27. The Hall–Kier alpha value is -2.31. The number of rotatable bonds is 7. The summed E-state index contributed by atoms with van der Waals surface area (Å²) in [6.45, 7) is 3.83. The molecule has 0 aliphatic carbocycles. The monoisotopic (exact) mass is 434 g/mol. The number of likely N-dealkylation sites (tertiary alicyclic amines) is 1. The van der Waals surface area contributed by atoms with Crippen LogP contribution in [0.5, 0.6) is 11.5 Å². The third-order valence-corrected chi connectivity index (χ3v) is 6.02. The number of amides is 1. The number of carbonyl (C=O) groups excluding carboxylic acids is 1. The first kappa shape index (κ1) is 22.4. The number of methoxy groups -OCH3 is 2. The van der Waals surface area contributed by atoms with Crippen LogP contribution in [0.25, 0.3) is 0 Å². The molecule has 1 fully saturated rings. The lowest BCUT2D eigenvalue weighted by atomic mass is 9.94. The summed E-state index contributed by atoms with van der Waals surface area (Å²) in [4.78, 5) is 15.0. The molecular formula is C23H28ClFN2O3. The van der Waals surface area contributed by atoms with E-state index in [4.69, 9.17) is 21.1 Å². The van der Waals surface area contributed by atoms with Gasteiger partial charge >= 0.3 is 0 Å². The van der Waals surface area contributed by atoms with Gasteiger partial charge in [-0.3, -0.25) is 9.69 Å². The SMILES string of the molecule is COc1ccc(OC)c(C(C)NC(=O)C2CCN(Cc3c(F)cccc3Cl)CC2)c1. The number of piperidine rings is 1. The first-order valence-corrected chi connectivity index (χ1v) is 10.5. The summed E-state index contributed by atoms with van der Waals surface area (Å²) in [6, 6.07) is 10.1. The second kappa shape index (κ2) is 10.1. The van der Waals surface area contributed by atoms with Crippen LogP contribution in [-0.2, 0) is 11.3 Å². The van der Waals surface area contributed by atoms with Gasteiger partial charge in [0, 0.05) is 28.6 Å². The third kappa shape index (κ3) is 5.24. The van der Waals surface area contributed by atoms with Crippen molar-refractivity contribution in [2.24, 2.45) is 5.92 Å². The molecule has 1 aliphatic heterocycles. The van der Waals surface area contributed by atoms with Crippen LogP contribution in [0.1, 0.15) is 36.9 Å². The van der Waals surface area contributed by atoms with Crippen LogP contribution in [0.4, 0.5) is 4.39 Å². The van der Waals surface area contributed by atoms with E-state index in [9.17, 15) is 9.18 Å². The maximum absolute atomic E-state index is 14.0. The van der Waals surface area contributed by atoms with E-state index in [1.165, 1.54) is 6.07 Å². The molecule has 2 aromatic rings. The molecule has 1 atom stereocenters. The van der Waals surface area contributed by atoms with Crippen molar-refractivity contribution >= 4 is 17.5 Å². The lowest BCUT2D eigenvalue weighted by Crippen LogP contribution is -2.41. The molecule has 0 saturated carbocycles. The van der Waals surface area contributed by atoms with Crippen molar-refractivity contribution in [1.29, 1.82) is 0 Å². The fourth-order valence-electron chi connectivity index (χ4n) is 3.85. The van der Waals surface area contributed by atoms with Gasteiger partial charge in [0.2, 0.25) is 5.91 Å². The smallest absolute Gasteiger partial charge is 0.223 e. The molecule has 1 saturated heterocycles. The molecule has 30 heavy (non-hydrogen) atoms. The van der Waals surface area contributed by atoms with Crippen LogP contribution in [-0.4, -0.2) is 38.1 Å². The number of hydrogen-bond acceptors (Lipinski definition) is 4. The van der Waals surface area contributed by atoms with Crippen molar-refractivity contribution in [1.82, 2.24) is 10.2 Å². The van der Waals surface area contributed by atoms with Crippen LogP contribution in [0.3, 0.4) is 0 Å². The molecule has 1 aliphatic rings. The highest BCUT2D eigenvalue weighted by Crippen LogP contribution is 2.30. The van der Waals surface area contributed by atoms with Crippen molar-refractivity contribution in [3.8, 4) is 11.5 Å². The molecule has 3 rings (SSSR count). The van der Waals surface area contributed by atoms with Gasteiger partial charge in [-0.15, -0.1) is 0 Å². The van der Waals surface area contributed by atoms with E-state index in [-0.39, 0.29) is 23.7 Å². The van der Waals surface area contributed by atoms with Crippen molar-refractivity contribution in [3.05, 3.63) is 58.4 Å². The highest BCUT2D eigenvalue weighted by molar-refractivity contribution is 6.31. The van der Waals surface area contributed by atoms with Gasteiger partial charge in [0.25, 0.3) is 0 Å². The van der Waals surface area contributed by atoms with Crippen LogP contribution >= 0.6 is 11.6 Å². The molecule has 1 heterocycles. The zero-order chi connectivity index (χ0) is 21.7. The number of carbonyl (C=O) groups is 1. The Morgan fingerprint density at radius 3 is 2.60 bits per heavy atom. The van der Waals surface area contributed by atoms with E-state index in [0.717, 1.165) is 31.5 Å². The van der Waals surface area contributed by atoms with E-state index in [1.54, 1.807) is 26.4 Å². The van der Waals surface area contributed by atoms with E-state index in [2.05, 4.69) is 10.2 Å². The Balaban J connectivity index is 1.57. The van der Waals surface area contributed by atoms with Crippen molar-refractivity contribution in [3.63, 3.8) is 0 Å². The Kier molecular flexibility index (Phi) is 7.56.